The van der Waals surface area contributed by atoms with Gasteiger partial charge in [0.15, 0.2) is 0 Å². The van der Waals surface area contributed by atoms with Crippen LogP contribution in [0.4, 0.5) is 0 Å². The molecule has 0 spiro atoms. The molecule has 1 aromatic heterocycles. The van der Waals surface area contributed by atoms with E-state index >= 15 is 0 Å². The fraction of sp³-hybridized carbons (Fsp3) is 0.375. The normalized spacial score (nSPS) is 16.3. The van der Waals surface area contributed by atoms with E-state index in [1.165, 1.54) is 36.1 Å². The topological polar surface area (TPSA) is 0 Å². The summed E-state index contributed by atoms with van der Waals surface area (Å²) in [7, 11) is 0. The number of hydrogen-bond donors (Lipinski definition) is 0. The molecule has 0 N–H and O–H groups in total. The molecule has 0 saturated heterocycles. The molecular weight excluding hydrogens is 304 g/mol. The van der Waals surface area contributed by atoms with Gasteiger partial charge in [-0.2, -0.15) is 0 Å². The van der Waals surface area contributed by atoms with E-state index in [1.54, 1.807) is 10.4 Å². The summed E-state index contributed by atoms with van der Waals surface area (Å²) in [5.41, 5.74) is 3.02. The molecule has 0 bridgehead atoms. The van der Waals surface area contributed by atoms with Gasteiger partial charge in [0, 0.05) is 9.75 Å². The number of fused-ring (bicyclic) bond motifs is 1. The van der Waals surface area contributed by atoms with Crippen LogP contribution in [0, 0.1) is 0 Å². The van der Waals surface area contributed by atoms with E-state index in [0.717, 1.165) is 6.42 Å². The zero-order valence-corrected chi connectivity index (χ0v) is 12.8. The highest BCUT2D eigenvalue weighted by atomic mass is 79.9. The van der Waals surface area contributed by atoms with Gasteiger partial charge in [-0.25, -0.2) is 0 Å². The highest BCUT2D eigenvalue weighted by molar-refractivity contribution is 9.09. The number of benzene rings is 1. The molecule has 0 nitrogen and oxygen atoms in total. The Kier molecular flexibility index (Phi) is 3.86. The standard InChI is InChI=1S/C16H17BrS/c17-14(10-12-6-2-1-3-7-12)16-11-13-8-4-5-9-15(13)18-16/h1-3,6-7,11,14H,4-5,8-10H2. The van der Waals surface area contributed by atoms with Crippen molar-refractivity contribution in [2.24, 2.45) is 0 Å². The zero-order chi connectivity index (χ0) is 12.4. The molecule has 0 radical (unpaired) electrons. The minimum atomic E-state index is 0.468. The maximum absolute atomic E-state index is 3.86. The van der Waals surface area contributed by atoms with Crippen LogP contribution >= 0.6 is 27.3 Å². The quantitative estimate of drug-likeness (QED) is 0.673. The molecule has 0 aliphatic heterocycles. The van der Waals surface area contributed by atoms with Crippen LogP contribution in [0.3, 0.4) is 0 Å². The largest absolute Gasteiger partial charge is 0.144 e. The molecule has 1 aromatic carbocycles. The average molecular weight is 321 g/mol. The summed E-state index contributed by atoms with van der Waals surface area (Å²) in [4.78, 5) is 3.61. The van der Waals surface area contributed by atoms with E-state index in [0.29, 0.717) is 4.83 Å². The van der Waals surface area contributed by atoms with Crippen molar-refractivity contribution < 1.29 is 0 Å². The van der Waals surface area contributed by atoms with Crippen LogP contribution in [-0.2, 0) is 19.3 Å². The van der Waals surface area contributed by atoms with Crippen LogP contribution < -0.4 is 0 Å². The van der Waals surface area contributed by atoms with Crippen molar-refractivity contribution in [2.75, 3.05) is 0 Å². The highest BCUT2D eigenvalue weighted by Gasteiger charge is 2.17. The Morgan fingerprint density at radius 1 is 1.11 bits per heavy atom. The fourth-order valence-corrected chi connectivity index (χ4v) is 4.61. The van der Waals surface area contributed by atoms with Crippen LogP contribution in [0.15, 0.2) is 36.4 Å². The maximum atomic E-state index is 3.86. The lowest BCUT2D eigenvalue weighted by atomic mass is 9.99. The Balaban J connectivity index is 1.76. The van der Waals surface area contributed by atoms with E-state index in [-0.39, 0.29) is 0 Å². The third-order valence-electron chi connectivity index (χ3n) is 3.58. The fourth-order valence-electron chi connectivity index (χ4n) is 2.59. The molecule has 2 aromatic rings. The first-order valence-corrected chi connectivity index (χ1v) is 8.35. The lowest BCUT2D eigenvalue weighted by molar-refractivity contribution is 0.697. The lowest BCUT2D eigenvalue weighted by Gasteiger charge is -2.08. The van der Waals surface area contributed by atoms with Gasteiger partial charge < -0.3 is 0 Å². The van der Waals surface area contributed by atoms with Gasteiger partial charge in [-0.05, 0) is 49.3 Å². The van der Waals surface area contributed by atoms with Crippen molar-refractivity contribution in [2.45, 2.75) is 36.9 Å². The van der Waals surface area contributed by atoms with Crippen molar-refractivity contribution >= 4 is 27.3 Å². The summed E-state index contributed by atoms with van der Waals surface area (Å²) < 4.78 is 0. The first-order valence-electron chi connectivity index (χ1n) is 6.62. The van der Waals surface area contributed by atoms with Crippen LogP contribution in [-0.4, -0.2) is 0 Å². The number of alkyl halides is 1. The van der Waals surface area contributed by atoms with E-state index < -0.39 is 0 Å². The SMILES string of the molecule is BrC(Cc1ccccc1)c1cc2c(s1)CCCC2. The molecular formula is C16H17BrS. The van der Waals surface area contributed by atoms with Crippen molar-refractivity contribution in [3.8, 4) is 0 Å². The van der Waals surface area contributed by atoms with E-state index in [1.807, 2.05) is 11.3 Å². The maximum Gasteiger partial charge on any atom is 0.0529 e. The number of thiophene rings is 1. The molecule has 3 rings (SSSR count). The van der Waals surface area contributed by atoms with Gasteiger partial charge in [0.1, 0.15) is 0 Å². The molecule has 2 heteroatoms. The van der Waals surface area contributed by atoms with Gasteiger partial charge in [0.25, 0.3) is 0 Å². The van der Waals surface area contributed by atoms with Crippen molar-refractivity contribution in [1.82, 2.24) is 0 Å². The Morgan fingerprint density at radius 3 is 2.67 bits per heavy atom. The second kappa shape index (κ2) is 5.58. The third kappa shape index (κ3) is 2.70. The monoisotopic (exact) mass is 320 g/mol. The lowest BCUT2D eigenvalue weighted by Crippen LogP contribution is -1.96. The Hall–Kier alpha value is -0.600. The number of halogens is 1. The Morgan fingerprint density at radius 2 is 1.89 bits per heavy atom. The average Bonchev–Trinajstić information content (AvgIpc) is 2.84. The van der Waals surface area contributed by atoms with Gasteiger partial charge in [-0.3, -0.25) is 0 Å². The van der Waals surface area contributed by atoms with Gasteiger partial charge in [0.05, 0.1) is 4.83 Å². The molecule has 1 heterocycles. The van der Waals surface area contributed by atoms with Crippen molar-refractivity contribution in [3.63, 3.8) is 0 Å². The molecule has 94 valence electrons. The summed E-state index contributed by atoms with van der Waals surface area (Å²) in [6.45, 7) is 0. The van der Waals surface area contributed by atoms with Crippen LogP contribution in [0.1, 0.15) is 38.6 Å². The first kappa shape index (κ1) is 12.4. The van der Waals surface area contributed by atoms with Crippen molar-refractivity contribution in [3.05, 3.63) is 57.3 Å². The molecule has 0 saturated carbocycles. The third-order valence-corrected chi connectivity index (χ3v) is 6.05. The minimum absolute atomic E-state index is 0.468. The Labute approximate surface area is 121 Å². The molecule has 1 aliphatic carbocycles. The van der Waals surface area contributed by atoms with E-state index in [2.05, 4.69) is 52.3 Å². The highest BCUT2D eigenvalue weighted by Crippen LogP contribution is 2.37. The van der Waals surface area contributed by atoms with Gasteiger partial charge in [0.2, 0.25) is 0 Å². The summed E-state index contributed by atoms with van der Waals surface area (Å²) >= 11 is 5.88. The number of hydrogen-bond acceptors (Lipinski definition) is 1. The Bertz CT molecular complexity index is 492. The van der Waals surface area contributed by atoms with Gasteiger partial charge in [-0.15, -0.1) is 11.3 Å². The minimum Gasteiger partial charge on any atom is -0.144 e. The molecule has 1 aliphatic rings. The van der Waals surface area contributed by atoms with E-state index in [4.69, 9.17) is 0 Å². The predicted octanol–water partition coefficient (Wildman–Crippen LogP) is 5.31. The number of aryl methyl sites for hydroxylation is 2. The zero-order valence-electron chi connectivity index (χ0n) is 10.4. The van der Waals surface area contributed by atoms with E-state index in [9.17, 15) is 0 Å². The van der Waals surface area contributed by atoms with Gasteiger partial charge in [-0.1, -0.05) is 46.3 Å². The van der Waals surface area contributed by atoms with Crippen LogP contribution in [0.25, 0.3) is 0 Å². The summed E-state index contributed by atoms with van der Waals surface area (Å²) in [5.74, 6) is 0. The number of rotatable bonds is 3. The summed E-state index contributed by atoms with van der Waals surface area (Å²) in [6, 6.07) is 13.2. The summed E-state index contributed by atoms with van der Waals surface area (Å²) in [5, 5.41) is 0. The molecule has 1 atom stereocenters. The smallest absolute Gasteiger partial charge is 0.0529 e. The summed E-state index contributed by atoms with van der Waals surface area (Å²) in [6.07, 6.45) is 6.41. The second-order valence-electron chi connectivity index (χ2n) is 4.96. The first-order chi connectivity index (χ1) is 8.83. The van der Waals surface area contributed by atoms with Crippen molar-refractivity contribution in [1.29, 1.82) is 0 Å². The molecule has 0 fully saturated rings. The van der Waals surface area contributed by atoms with Crippen LogP contribution in [0.2, 0.25) is 0 Å². The van der Waals surface area contributed by atoms with Crippen LogP contribution in [0.5, 0.6) is 0 Å². The second-order valence-corrected chi connectivity index (χ2v) is 7.24. The predicted molar refractivity (Wildman–Crippen MR) is 82.8 cm³/mol. The molecule has 1 unspecified atom stereocenters. The molecule has 18 heavy (non-hydrogen) atoms. The molecule has 0 amide bonds. The van der Waals surface area contributed by atoms with Gasteiger partial charge >= 0.3 is 0 Å².